The Hall–Kier alpha value is -2.66. The van der Waals surface area contributed by atoms with E-state index in [0.29, 0.717) is 6.04 Å². The second kappa shape index (κ2) is 9.02. The molecule has 3 rings (SSSR count). The van der Waals surface area contributed by atoms with Gasteiger partial charge in [-0.3, -0.25) is 4.98 Å². The molecule has 0 aliphatic rings. The van der Waals surface area contributed by atoms with E-state index in [1.54, 1.807) is 6.07 Å². The Kier molecular flexibility index (Phi) is 6.47. The van der Waals surface area contributed by atoms with Crippen molar-refractivity contribution in [3.05, 3.63) is 71.6 Å². The topological polar surface area (TPSA) is 41.9 Å². The van der Waals surface area contributed by atoms with Crippen molar-refractivity contribution in [2.45, 2.75) is 39.7 Å². The number of aryl methyl sites for hydroxylation is 1. The van der Waals surface area contributed by atoms with Crippen LogP contribution in [-0.2, 0) is 6.42 Å². The standard InChI is InChI=1S/C23H29FN4/c1-5-6-22(17(3)25-4)27-10-9-18-11-20(14-26-13-18)28-15-16(2)21-12-19(24)7-8-23(21)28/h6-8,11-15,17,25,27H,5,9-10H2,1-4H3/t17-/m0/s1. The number of allylic oxidation sites excluding steroid dienone is 1. The number of hydrogen-bond acceptors (Lipinski definition) is 3. The van der Waals surface area contributed by atoms with Gasteiger partial charge in [0.05, 0.1) is 17.4 Å². The highest BCUT2D eigenvalue weighted by Gasteiger charge is 2.09. The molecule has 0 aliphatic carbocycles. The molecule has 5 heteroatoms. The Morgan fingerprint density at radius 2 is 2.11 bits per heavy atom. The fraction of sp³-hybridized carbons (Fsp3) is 0.348. The summed E-state index contributed by atoms with van der Waals surface area (Å²) >= 11 is 0. The molecule has 0 saturated carbocycles. The van der Waals surface area contributed by atoms with Crippen LogP contribution in [0.3, 0.4) is 0 Å². The molecule has 1 aromatic carbocycles. The van der Waals surface area contributed by atoms with Gasteiger partial charge in [-0.05, 0) is 69.1 Å². The summed E-state index contributed by atoms with van der Waals surface area (Å²) in [7, 11) is 1.97. The van der Waals surface area contributed by atoms with Crippen molar-refractivity contribution in [2.75, 3.05) is 13.6 Å². The minimum atomic E-state index is -0.210. The molecule has 28 heavy (non-hydrogen) atoms. The van der Waals surface area contributed by atoms with Gasteiger partial charge in [0.25, 0.3) is 0 Å². The average Bonchev–Trinajstić information content (AvgIpc) is 3.03. The van der Waals surface area contributed by atoms with Gasteiger partial charge < -0.3 is 15.2 Å². The predicted molar refractivity (Wildman–Crippen MR) is 114 cm³/mol. The third kappa shape index (κ3) is 4.42. The van der Waals surface area contributed by atoms with Crippen molar-refractivity contribution in [3.8, 4) is 5.69 Å². The van der Waals surface area contributed by atoms with Gasteiger partial charge in [0.2, 0.25) is 0 Å². The van der Waals surface area contributed by atoms with Crippen LogP contribution in [0.1, 0.15) is 31.4 Å². The molecule has 0 saturated heterocycles. The minimum absolute atomic E-state index is 0.210. The number of nitrogens with one attached hydrogen (secondary N) is 2. The van der Waals surface area contributed by atoms with Gasteiger partial charge in [-0.1, -0.05) is 13.0 Å². The van der Waals surface area contributed by atoms with Gasteiger partial charge in [-0.15, -0.1) is 0 Å². The summed E-state index contributed by atoms with van der Waals surface area (Å²) in [5, 5.41) is 7.75. The lowest BCUT2D eigenvalue weighted by Gasteiger charge is -2.18. The maximum Gasteiger partial charge on any atom is 0.123 e. The number of hydrogen-bond donors (Lipinski definition) is 2. The van der Waals surface area contributed by atoms with E-state index in [0.717, 1.165) is 41.5 Å². The van der Waals surface area contributed by atoms with Crippen LogP contribution in [-0.4, -0.2) is 29.2 Å². The van der Waals surface area contributed by atoms with E-state index in [2.05, 4.69) is 46.2 Å². The van der Waals surface area contributed by atoms with Gasteiger partial charge in [0.15, 0.2) is 0 Å². The Morgan fingerprint density at radius 1 is 1.29 bits per heavy atom. The van der Waals surface area contributed by atoms with Crippen LogP contribution in [0.2, 0.25) is 0 Å². The number of benzene rings is 1. The molecule has 0 unspecified atom stereocenters. The average molecular weight is 381 g/mol. The fourth-order valence-electron chi connectivity index (χ4n) is 3.45. The van der Waals surface area contributed by atoms with Gasteiger partial charge in [-0.25, -0.2) is 4.39 Å². The summed E-state index contributed by atoms with van der Waals surface area (Å²) in [4.78, 5) is 4.43. The first-order valence-corrected chi connectivity index (χ1v) is 9.86. The normalized spacial score (nSPS) is 13.1. The van der Waals surface area contributed by atoms with E-state index in [1.165, 1.54) is 17.3 Å². The van der Waals surface area contributed by atoms with Crippen molar-refractivity contribution < 1.29 is 4.39 Å². The first-order chi connectivity index (χ1) is 13.5. The molecule has 0 spiro atoms. The third-order valence-electron chi connectivity index (χ3n) is 5.09. The Labute approximate surface area is 166 Å². The predicted octanol–water partition coefficient (Wildman–Crippen LogP) is 4.51. The summed E-state index contributed by atoms with van der Waals surface area (Å²) in [5.74, 6) is -0.210. The number of halogens is 1. The summed E-state index contributed by atoms with van der Waals surface area (Å²) in [6.45, 7) is 7.15. The summed E-state index contributed by atoms with van der Waals surface area (Å²) in [5.41, 5.74) is 5.43. The number of pyridine rings is 1. The molecule has 0 aliphatic heterocycles. The van der Waals surface area contributed by atoms with Crippen LogP contribution >= 0.6 is 0 Å². The lowest BCUT2D eigenvalue weighted by molar-refractivity contribution is 0.618. The Bertz CT molecular complexity index is 974. The number of rotatable bonds is 8. The maximum absolute atomic E-state index is 13.6. The summed E-state index contributed by atoms with van der Waals surface area (Å²) < 4.78 is 15.7. The Morgan fingerprint density at radius 3 is 2.86 bits per heavy atom. The second-order valence-corrected chi connectivity index (χ2v) is 7.15. The van der Waals surface area contributed by atoms with E-state index in [1.807, 2.05) is 38.6 Å². The molecule has 3 aromatic rings. The summed E-state index contributed by atoms with van der Waals surface area (Å²) in [6, 6.07) is 7.38. The van der Waals surface area contributed by atoms with Crippen LogP contribution in [0.5, 0.6) is 0 Å². The van der Waals surface area contributed by atoms with Gasteiger partial charge in [0.1, 0.15) is 5.82 Å². The van der Waals surface area contributed by atoms with Crippen LogP contribution < -0.4 is 10.6 Å². The molecule has 1 atom stereocenters. The molecule has 0 radical (unpaired) electrons. The second-order valence-electron chi connectivity index (χ2n) is 7.15. The van der Waals surface area contributed by atoms with Crippen molar-refractivity contribution in [1.29, 1.82) is 0 Å². The first-order valence-electron chi connectivity index (χ1n) is 9.86. The van der Waals surface area contributed by atoms with Gasteiger partial charge in [0, 0.05) is 36.1 Å². The number of likely N-dealkylation sites (N-methyl/N-ethyl adjacent to an activating group) is 1. The van der Waals surface area contributed by atoms with E-state index in [-0.39, 0.29) is 5.82 Å². The molecule has 2 N–H and O–H groups in total. The van der Waals surface area contributed by atoms with Crippen LogP contribution in [0.25, 0.3) is 16.6 Å². The molecular formula is C23H29FN4. The number of aromatic nitrogens is 2. The fourth-order valence-corrected chi connectivity index (χ4v) is 3.45. The Balaban J connectivity index is 1.77. The van der Waals surface area contributed by atoms with E-state index < -0.39 is 0 Å². The molecule has 0 amide bonds. The van der Waals surface area contributed by atoms with Crippen LogP contribution in [0, 0.1) is 12.7 Å². The number of fused-ring (bicyclic) bond motifs is 1. The van der Waals surface area contributed by atoms with Crippen molar-refractivity contribution >= 4 is 10.9 Å². The highest BCUT2D eigenvalue weighted by atomic mass is 19.1. The van der Waals surface area contributed by atoms with Crippen molar-refractivity contribution in [2.24, 2.45) is 0 Å². The van der Waals surface area contributed by atoms with E-state index in [4.69, 9.17) is 0 Å². The minimum Gasteiger partial charge on any atom is -0.387 e. The maximum atomic E-state index is 13.6. The molecule has 0 bridgehead atoms. The lowest BCUT2D eigenvalue weighted by atomic mass is 10.1. The highest BCUT2D eigenvalue weighted by molar-refractivity contribution is 5.85. The lowest BCUT2D eigenvalue weighted by Crippen LogP contribution is -2.32. The van der Waals surface area contributed by atoms with Crippen LogP contribution in [0.4, 0.5) is 4.39 Å². The quantitative estimate of drug-likeness (QED) is 0.604. The molecular weight excluding hydrogens is 351 g/mol. The van der Waals surface area contributed by atoms with Crippen molar-refractivity contribution in [3.63, 3.8) is 0 Å². The molecule has 148 valence electrons. The summed E-state index contributed by atoms with van der Waals surface area (Å²) in [6.07, 6.45) is 9.92. The molecule has 2 heterocycles. The number of nitrogens with zero attached hydrogens (tertiary/aromatic N) is 2. The largest absolute Gasteiger partial charge is 0.387 e. The first kappa shape index (κ1) is 20.1. The highest BCUT2D eigenvalue weighted by Crippen LogP contribution is 2.25. The zero-order valence-electron chi connectivity index (χ0n) is 17.1. The molecule has 0 fully saturated rings. The van der Waals surface area contributed by atoms with Gasteiger partial charge in [-0.2, -0.15) is 0 Å². The van der Waals surface area contributed by atoms with E-state index >= 15 is 0 Å². The monoisotopic (exact) mass is 380 g/mol. The van der Waals surface area contributed by atoms with E-state index in [9.17, 15) is 4.39 Å². The van der Waals surface area contributed by atoms with Crippen molar-refractivity contribution in [1.82, 2.24) is 20.2 Å². The zero-order chi connectivity index (χ0) is 20.1. The third-order valence-corrected chi connectivity index (χ3v) is 5.09. The smallest absolute Gasteiger partial charge is 0.123 e. The molecule has 4 nitrogen and oxygen atoms in total. The zero-order valence-corrected chi connectivity index (χ0v) is 17.1. The van der Waals surface area contributed by atoms with Gasteiger partial charge >= 0.3 is 0 Å². The van der Waals surface area contributed by atoms with Crippen LogP contribution in [0.15, 0.2) is 54.6 Å². The SMILES string of the molecule is CCC=C(NCCc1cncc(-n2cc(C)c3cc(F)ccc32)c1)[C@H](C)NC. The molecule has 2 aromatic heterocycles.